The van der Waals surface area contributed by atoms with Crippen LogP contribution >= 0.6 is 0 Å². The molecular formula is C12H15N. The minimum absolute atomic E-state index is 0.243. The molecule has 0 spiro atoms. The first-order chi connectivity index (χ1) is 6.03. The van der Waals surface area contributed by atoms with E-state index in [4.69, 9.17) is 5.26 Å². The zero-order valence-electron chi connectivity index (χ0n) is 8.46. The first-order valence-electron chi connectivity index (χ1n) is 4.51. The van der Waals surface area contributed by atoms with Crippen LogP contribution in [-0.4, -0.2) is 0 Å². The van der Waals surface area contributed by atoms with Crippen LogP contribution in [0.3, 0.4) is 0 Å². The summed E-state index contributed by atoms with van der Waals surface area (Å²) in [4.78, 5) is 0. The summed E-state index contributed by atoms with van der Waals surface area (Å²) in [6.45, 7) is 6.55. The van der Waals surface area contributed by atoms with Gasteiger partial charge in [0, 0.05) is 0 Å². The fourth-order valence-electron chi connectivity index (χ4n) is 1.35. The van der Waals surface area contributed by atoms with Crippen molar-refractivity contribution in [3.8, 4) is 6.07 Å². The molecule has 0 unspecified atom stereocenters. The van der Waals surface area contributed by atoms with E-state index >= 15 is 0 Å². The number of rotatable bonds is 1. The molecular weight excluding hydrogens is 158 g/mol. The molecule has 0 N–H and O–H groups in total. The van der Waals surface area contributed by atoms with E-state index in [1.165, 1.54) is 0 Å². The van der Waals surface area contributed by atoms with Gasteiger partial charge in [0.2, 0.25) is 0 Å². The van der Waals surface area contributed by atoms with Crippen molar-refractivity contribution in [2.75, 3.05) is 0 Å². The fraction of sp³-hybridized carbons (Fsp3) is 0.417. The quantitative estimate of drug-likeness (QED) is 0.640. The monoisotopic (exact) mass is 173 g/mol. The molecule has 0 aliphatic rings. The Kier molecular flexibility index (Phi) is 2.72. The van der Waals surface area contributed by atoms with Gasteiger partial charge in [0.25, 0.3) is 0 Å². The Bertz CT molecular complexity index is 326. The lowest BCUT2D eigenvalue weighted by atomic mass is 9.86. The van der Waals surface area contributed by atoms with Crippen LogP contribution in [0, 0.1) is 16.7 Å². The van der Waals surface area contributed by atoms with Crippen molar-refractivity contribution in [3.05, 3.63) is 35.4 Å². The van der Waals surface area contributed by atoms with Crippen molar-refractivity contribution in [1.29, 1.82) is 5.26 Å². The third-order valence-corrected chi connectivity index (χ3v) is 1.86. The first kappa shape index (κ1) is 9.80. The molecule has 0 bridgehead atoms. The van der Waals surface area contributed by atoms with Crippen LogP contribution in [-0.2, 0) is 6.42 Å². The van der Waals surface area contributed by atoms with Crippen molar-refractivity contribution in [3.63, 3.8) is 0 Å². The Balaban J connectivity index is 2.96. The Hall–Kier alpha value is -1.29. The molecule has 1 aromatic rings. The number of nitrogens with zero attached hydrogens (tertiary/aromatic N) is 1. The van der Waals surface area contributed by atoms with E-state index in [9.17, 15) is 0 Å². The molecule has 13 heavy (non-hydrogen) atoms. The van der Waals surface area contributed by atoms with E-state index in [-0.39, 0.29) is 5.41 Å². The SMILES string of the molecule is CC(C)(C)Cc1ccccc1C#N. The molecule has 0 aliphatic heterocycles. The number of hydrogen-bond donors (Lipinski definition) is 0. The molecule has 1 rings (SSSR count). The van der Waals surface area contributed by atoms with E-state index in [0.717, 1.165) is 17.5 Å². The lowest BCUT2D eigenvalue weighted by Gasteiger charge is -2.18. The third kappa shape index (κ3) is 2.91. The van der Waals surface area contributed by atoms with Crippen molar-refractivity contribution < 1.29 is 0 Å². The molecule has 1 nitrogen and oxygen atoms in total. The second-order valence-electron chi connectivity index (χ2n) is 4.51. The van der Waals surface area contributed by atoms with Crippen molar-refractivity contribution in [2.24, 2.45) is 5.41 Å². The summed E-state index contributed by atoms with van der Waals surface area (Å²) >= 11 is 0. The third-order valence-electron chi connectivity index (χ3n) is 1.86. The van der Waals surface area contributed by atoms with Crippen LogP contribution in [0.15, 0.2) is 24.3 Å². The molecule has 68 valence electrons. The van der Waals surface area contributed by atoms with Gasteiger partial charge in [-0.05, 0) is 23.5 Å². The maximum Gasteiger partial charge on any atom is 0.0994 e. The zero-order chi connectivity index (χ0) is 9.90. The molecule has 0 fully saturated rings. The molecule has 0 atom stereocenters. The average molecular weight is 173 g/mol. The minimum Gasteiger partial charge on any atom is -0.192 e. The summed E-state index contributed by atoms with van der Waals surface area (Å²) < 4.78 is 0. The highest BCUT2D eigenvalue weighted by Crippen LogP contribution is 2.22. The maximum atomic E-state index is 8.87. The van der Waals surface area contributed by atoms with Crippen molar-refractivity contribution >= 4 is 0 Å². The molecule has 0 heterocycles. The molecule has 0 aliphatic carbocycles. The number of benzene rings is 1. The van der Waals surface area contributed by atoms with E-state index in [0.29, 0.717) is 0 Å². The largest absolute Gasteiger partial charge is 0.192 e. The highest BCUT2D eigenvalue weighted by atomic mass is 14.3. The number of nitriles is 1. The van der Waals surface area contributed by atoms with Crippen LogP contribution in [0.2, 0.25) is 0 Å². The van der Waals surface area contributed by atoms with Gasteiger partial charge < -0.3 is 0 Å². The lowest BCUT2D eigenvalue weighted by molar-refractivity contribution is 0.411. The second-order valence-corrected chi connectivity index (χ2v) is 4.51. The Labute approximate surface area is 80.0 Å². The molecule has 0 saturated heterocycles. The Morgan fingerprint density at radius 3 is 2.38 bits per heavy atom. The van der Waals surface area contributed by atoms with Gasteiger partial charge in [-0.1, -0.05) is 39.0 Å². The van der Waals surface area contributed by atoms with Crippen molar-refractivity contribution in [1.82, 2.24) is 0 Å². The maximum absolute atomic E-state index is 8.87. The predicted molar refractivity (Wildman–Crippen MR) is 54.3 cm³/mol. The van der Waals surface area contributed by atoms with Gasteiger partial charge in [0.1, 0.15) is 0 Å². The Morgan fingerprint density at radius 2 is 1.85 bits per heavy atom. The van der Waals surface area contributed by atoms with Gasteiger partial charge in [0.15, 0.2) is 0 Å². The zero-order valence-corrected chi connectivity index (χ0v) is 8.46. The van der Waals surface area contributed by atoms with Crippen LogP contribution < -0.4 is 0 Å². The van der Waals surface area contributed by atoms with Gasteiger partial charge in [-0.25, -0.2) is 0 Å². The summed E-state index contributed by atoms with van der Waals surface area (Å²) in [6.07, 6.45) is 0.955. The van der Waals surface area contributed by atoms with Crippen molar-refractivity contribution in [2.45, 2.75) is 27.2 Å². The minimum atomic E-state index is 0.243. The van der Waals surface area contributed by atoms with Crippen LogP contribution in [0.1, 0.15) is 31.9 Å². The fourth-order valence-corrected chi connectivity index (χ4v) is 1.35. The van der Waals surface area contributed by atoms with E-state index in [2.05, 4.69) is 26.8 Å². The van der Waals surface area contributed by atoms with E-state index in [1.54, 1.807) is 0 Å². The first-order valence-corrected chi connectivity index (χ1v) is 4.51. The van der Waals surface area contributed by atoms with E-state index < -0.39 is 0 Å². The molecule has 0 radical (unpaired) electrons. The summed E-state index contributed by atoms with van der Waals surface area (Å²) in [5, 5.41) is 8.87. The highest BCUT2D eigenvalue weighted by Gasteiger charge is 2.13. The topological polar surface area (TPSA) is 23.8 Å². The van der Waals surface area contributed by atoms with Gasteiger partial charge in [-0.3, -0.25) is 0 Å². The van der Waals surface area contributed by atoms with Gasteiger partial charge >= 0.3 is 0 Å². The van der Waals surface area contributed by atoms with Crippen LogP contribution in [0.5, 0.6) is 0 Å². The summed E-state index contributed by atoms with van der Waals surface area (Å²) in [5.41, 5.74) is 2.20. The summed E-state index contributed by atoms with van der Waals surface area (Å²) in [7, 11) is 0. The molecule has 0 saturated carbocycles. The van der Waals surface area contributed by atoms with E-state index in [1.807, 2.05) is 24.3 Å². The molecule has 1 aromatic carbocycles. The van der Waals surface area contributed by atoms with Gasteiger partial charge in [-0.15, -0.1) is 0 Å². The lowest BCUT2D eigenvalue weighted by Crippen LogP contribution is -2.10. The molecule has 1 heteroatoms. The Morgan fingerprint density at radius 1 is 1.23 bits per heavy atom. The number of hydrogen-bond acceptors (Lipinski definition) is 1. The van der Waals surface area contributed by atoms with Crippen LogP contribution in [0.4, 0.5) is 0 Å². The second kappa shape index (κ2) is 3.62. The molecule has 0 amide bonds. The summed E-state index contributed by atoms with van der Waals surface area (Å²) in [5.74, 6) is 0. The standard InChI is InChI=1S/C12H15N/c1-12(2,3)8-10-6-4-5-7-11(10)9-13/h4-7H,8H2,1-3H3. The normalized spacial score (nSPS) is 10.9. The highest BCUT2D eigenvalue weighted by molar-refractivity contribution is 5.37. The van der Waals surface area contributed by atoms with Gasteiger partial charge in [-0.2, -0.15) is 5.26 Å². The smallest absolute Gasteiger partial charge is 0.0994 e. The van der Waals surface area contributed by atoms with Gasteiger partial charge in [0.05, 0.1) is 11.6 Å². The average Bonchev–Trinajstić information content (AvgIpc) is 2.02. The summed E-state index contributed by atoms with van der Waals surface area (Å²) in [6, 6.07) is 10.0. The predicted octanol–water partition coefficient (Wildman–Crippen LogP) is 3.15. The van der Waals surface area contributed by atoms with Crippen LogP contribution in [0.25, 0.3) is 0 Å². The molecule has 0 aromatic heterocycles.